The van der Waals surface area contributed by atoms with E-state index in [2.05, 4.69) is 31.1 Å². The molecule has 1 atom stereocenters. The summed E-state index contributed by atoms with van der Waals surface area (Å²) in [6.07, 6.45) is 7.81. The van der Waals surface area contributed by atoms with E-state index in [1.807, 2.05) is 0 Å². The van der Waals surface area contributed by atoms with Crippen LogP contribution in [0.3, 0.4) is 0 Å². The number of likely N-dealkylation sites (N-methyl/N-ethyl adjacent to an activating group) is 1. The van der Waals surface area contributed by atoms with Crippen LogP contribution in [0.15, 0.2) is 0 Å². The number of nitrogens with zero attached hydrogens (tertiary/aromatic N) is 1. The van der Waals surface area contributed by atoms with Gasteiger partial charge in [0.1, 0.15) is 0 Å². The third-order valence-electron chi connectivity index (χ3n) is 4.27. The average molecular weight is 256 g/mol. The van der Waals surface area contributed by atoms with Gasteiger partial charge in [0.05, 0.1) is 6.61 Å². The van der Waals surface area contributed by atoms with Crippen molar-refractivity contribution in [2.75, 3.05) is 33.3 Å². The maximum atomic E-state index is 9.41. The summed E-state index contributed by atoms with van der Waals surface area (Å²) < 4.78 is 0. The van der Waals surface area contributed by atoms with E-state index in [9.17, 15) is 5.11 Å². The lowest BCUT2D eigenvalue weighted by atomic mass is 9.85. The first-order chi connectivity index (χ1) is 8.59. The molecule has 0 aromatic heterocycles. The largest absolute Gasteiger partial charge is 0.394 e. The van der Waals surface area contributed by atoms with Crippen molar-refractivity contribution in [1.29, 1.82) is 0 Å². The van der Waals surface area contributed by atoms with Crippen LogP contribution in [0.25, 0.3) is 0 Å². The van der Waals surface area contributed by atoms with Crippen LogP contribution < -0.4 is 5.32 Å². The standard InChI is InChI=1S/C15H32N2O/c1-4-16-15(2,13-18)10-5-6-11-17(3)12-14-8-7-9-14/h14,16,18H,4-13H2,1-3H3. The summed E-state index contributed by atoms with van der Waals surface area (Å²) in [4.78, 5) is 2.48. The molecule has 0 bridgehead atoms. The highest BCUT2D eigenvalue weighted by molar-refractivity contribution is 4.81. The lowest BCUT2D eigenvalue weighted by Crippen LogP contribution is -2.45. The van der Waals surface area contributed by atoms with Crippen LogP contribution in [0.5, 0.6) is 0 Å². The molecular formula is C15H32N2O. The minimum atomic E-state index is -0.0820. The van der Waals surface area contributed by atoms with E-state index >= 15 is 0 Å². The molecule has 1 aliphatic carbocycles. The second-order valence-electron chi connectivity index (χ2n) is 6.27. The Morgan fingerprint density at radius 1 is 1.33 bits per heavy atom. The van der Waals surface area contributed by atoms with Crippen molar-refractivity contribution in [3.8, 4) is 0 Å². The maximum absolute atomic E-state index is 9.41. The lowest BCUT2D eigenvalue weighted by molar-refractivity contribution is 0.160. The molecule has 0 radical (unpaired) electrons. The van der Waals surface area contributed by atoms with Gasteiger partial charge in [0, 0.05) is 12.1 Å². The van der Waals surface area contributed by atoms with Gasteiger partial charge in [-0.2, -0.15) is 0 Å². The quantitative estimate of drug-likeness (QED) is 0.589. The Morgan fingerprint density at radius 2 is 2.06 bits per heavy atom. The summed E-state index contributed by atoms with van der Waals surface area (Å²) in [5, 5.41) is 12.8. The first kappa shape index (κ1) is 15.9. The summed E-state index contributed by atoms with van der Waals surface area (Å²) in [6.45, 7) is 7.86. The number of aliphatic hydroxyl groups excluding tert-OH is 1. The number of aliphatic hydroxyl groups is 1. The van der Waals surface area contributed by atoms with Gasteiger partial charge in [0.25, 0.3) is 0 Å². The minimum Gasteiger partial charge on any atom is -0.394 e. The van der Waals surface area contributed by atoms with E-state index in [0.717, 1.165) is 18.9 Å². The second kappa shape index (κ2) is 8.13. The van der Waals surface area contributed by atoms with Crippen LogP contribution in [0.2, 0.25) is 0 Å². The molecule has 1 unspecified atom stereocenters. The van der Waals surface area contributed by atoms with Gasteiger partial charge in [-0.3, -0.25) is 0 Å². The molecule has 3 heteroatoms. The van der Waals surface area contributed by atoms with Crippen molar-refractivity contribution >= 4 is 0 Å². The number of nitrogens with one attached hydrogen (secondary N) is 1. The molecule has 0 aromatic rings. The van der Waals surface area contributed by atoms with Gasteiger partial charge in [-0.1, -0.05) is 19.8 Å². The third-order valence-corrected chi connectivity index (χ3v) is 4.27. The summed E-state index contributed by atoms with van der Waals surface area (Å²) >= 11 is 0. The van der Waals surface area contributed by atoms with E-state index in [1.165, 1.54) is 45.2 Å². The fourth-order valence-corrected chi connectivity index (χ4v) is 2.75. The zero-order valence-electron chi connectivity index (χ0n) is 12.5. The van der Waals surface area contributed by atoms with Gasteiger partial charge in [0.15, 0.2) is 0 Å². The molecule has 0 heterocycles. The highest BCUT2D eigenvalue weighted by Crippen LogP contribution is 2.26. The number of rotatable bonds is 10. The predicted octanol–water partition coefficient (Wildman–Crippen LogP) is 2.25. The van der Waals surface area contributed by atoms with Gasteiger partial charge in [-0.15, -0.1) is 0 Å². The molecule has 3 nitrogen and oxygen atoms in total. The number of unbranched alkanes of at least 4 members (excludes halogenated alkanes) is 1. The number of hydrogen-bond donors (Lipinski definition) is 2. The molecule has 1 rings (SSSR count). The van der Waals surface area contributed by atoms with Crippen molar-refractivity contribution in [3.05, 3.63) is 0 Å². The van der Waals surface area contributed by atoms with Crippen LogP contribution in [0.1, 0.15) is 52.4 Å². The smallest absolute Gasteiger partial charge is 0.0610 e. The molecule has 0 amide bonds. The molecule has 0 saturated heterocycles. The molecule has 0 spiro atoms. The van der Waals surface area contributed by atoms with Gasteiger partial charge < -0.3 is 15.3 Å². The van der Waals surface area contributed by atoms with Gasteiger partial charge in [-0.25, -0.2) is 0 Å². The zero-order valence-corrected chi connectivity index (χ0v) is 12.5. The average Bonchev–Trinajstić information content (AvgIpc) is 2.30. The lowest BCUT2D eigenvalue weighted by Gasteiger charge is -2.31. The molecule has 108 valence electrons. The van der Waals surface area contributed by atoms with Gasteiger partial charge in [-0.05, 0) is 58.7 Å². The fraction of sp³-hybridized carbons (Fsp3) is 1.00. The van der Waals surface area contributed by atoms with Crippen LogP contribution in [0, 0.1) is 5.92 Å². The first-order valence-electron chi connectivity index (χ1n) is 7.64. The van der Waals surface area contributed by atoms with Crippen LogP contribution in [0.4, 0.5) is 0 Å². The highest BCUT2D eigenvalue weighted by atomic mass is 16.3. The maximum Gasteiger partial charge on any atom is 0.0610 e. The van der Waals surface area contributed by atoms with E-state index in [1.54, 1.807) is 0 Å². The molecular weight excluding hydrogens is 224 g/mol. The molecule has 0 aromatic carbocycles. The van der Waals surface area contributed by atoms with Crippen molar-refractivity contribution in [2.24, 2.45) is 5.92 Å². The van der Waals surface area contributed by atoms with E-state index in [4.69, 9.17) is 0 Å². The topological polar surface area (TPSA) is 35.5 Å². The number of hydrogen-bond acceptors (Lipinski definition) is 3. The monoisotopic (exact) mass is 256 g/mol. The van der Waals surface area contributed by atoms with Crippen molar-refractivity contribution < 1.29 is 5.11 Å². The fourth-order valence-electron chi connectivity index (χ4n) is 2.75. The molecule has 1 aliphatic rings. The first-order valence-corrected chi connectivity index (χ1v) is 7.64. The molecule has 18 heavy (non-hydrogen) atoms. The Bertz CT molecular complexity index is 219. The Balaban J connectivity index is 2.05. The molecule has 1 fully saturated rings. The normalized spacial score (nSPS) is 19.8. The summed E-state index contributed by atoms with van der Waals surface area (Å²) in [6, 6.07) is 0. The predicted molar refractivity (Wildman–Crippen MR) is 77.9 cm³/mol. The molecule has 2 N–H and O–H groups in total. The second-order valence-corrected chi connectivity index (χ2v) is 6.27. The molecule has 1 saturated carbocycles. The van der Waals surface area contributed by atoms with Crippen molar-refractivity contribution in [1.82, 2.24) is 10.2 Å². The SMILES string of the molecule is CCNC(C)(CO)CCCCN(C)CC1CCC1. The Kier molecular flexibility index (Phi) is 7.20. The van der Waals surface area contributed by atoms with E-state index < -0.39 is 0 Å². The Morgan fingerprint density at radius 3 is 2.56 bits per heavy atom. The summed E-state index contributed by atoms with van der Waals surface area (Å²) in [5.41, 5.74) is -0.0820. The summed E-state index contributed by atoms with van der Waals surface area (Å²) in [5.74, 6) is 0.972. The zero-order chi connectivity index (χ0) is 13.4. The van der Waals surface area contributed by atoms with Crippen LogP contribution in [-0.4, -0.2) is 48.8 Å². The van der Waals surface area contributed by atoms with E-state index in [0.29, 0.717) is 0 Å². The Labute approximate surface area is 113 Å². The van der Waals surface area contributed by atoms with Crippen LogP contribution in [-0.2, 0) is 0 Å². The Hall–Kier alpha value is -0.120. The van der Waals surface area contributed by atoms with Crippen molar-refractivity contribution in [3.63, 3.8) is 0 Å². The van der Waals surface area contributed by atoms with Crippen LogP contribution >= 0.6 is 0 Å². The van der Waals surface area contributed by atoms with Crippen molar-refractivity contribution in [2.45, 2.75) is 57.9 Å². The van der Waals surface area contributed by atoms with Gasteiger partial charge in [0.2, 0.25) is 0 Å². The van der Waals surface area contributed by atoms with Gasteiger partial charge >= 0.3 is 0 Å². The molecule has 0 aliphatic heterocycles. The van der Waals surface area contributed by atoms with E-state index in [-0.39, 0.29) is 12.1 Å². The minimum absolute atomic E-state index is 0.0820. The summed E-state index contributed by atoms with van der Waals surface area (Å²) in [7, 11) is 2.24. The highest BCUT2D eigenvalue weighted by Gasteiger charge is 2.21. The third kappa shape index (κ3) is 5.68.